The summed E-state index contributed by atoms with van der Waals surface area (Å²) in [6, 6.07) is 7.54. The number of nitrogens with zero attached hydrogens (tertiary/aromatic N) is 2. The van der Waals surface area contributed by atoms with Gasteiger partial charge in [-0.15, -0.1) is 0 Å². The van der Waals surface area contributed by atoms with E-state index in [0.717, 1.165) is 17.4 Å². The van der Waals surface area contributed by atoms with Gasteiger partial charge in [0.15, 0.2) is 11.6 Å². The van der Waals surface area contributed by atoms with Gasteiger partial charge in [-0.3, -0.25) is 0 Å². The lowest BCUT2D eigenvalue weighted by Gasteiger charge is -2.07. The van der Waals surface area contributed by atoms with E-state index >= 15 is 0 Å². The average molecular weight is 218 g/mol. The third-order valence-electron chi connectivity index (χ3n) is 2.04. The fourth-order valence-corrected chi connectivity index (χ4v) is 1.33. The molecule has 1 aromatic carbocycles. The van der Waals surface area contributed by atoms with Gasteiger partial charge in [-0.2, -0.15) is 4.98 Å². The Bertz CT molecular complexity index is 513. The summed E-state index contributed by atoms with van der Waals surface area (Å²) in [6.07, 6.45) is 1.04. The van der Waals surface area contributed by atoms with Gasteiger partial charge in [0.05, 0.1) is 6.20 Å². The average Bonchev–Trinajstić information content (AvgIpc) is 2.24. The maximum atomic E-state index is 13.3. The summed E-state index contributed by atoms with van der Waals surface area (Å²) >= 11 is 0. The molecule has 0 atom stereocenters. The molecular formula is C11H11FN4. The van der Waals surface area contributed by atoms with Crippen LogP contribution < -0.4 is 11.1 Å². The number of rotatable bonds is 2. The highest BCUT2D eigenvalue weighted by Gasteiger charge is 2.05. The largest absolute Gasteiger partial charge is 0.368 e. The molecule has 1 aromatic heterocycles. The van der Waals surface area contributed by atoms with Gasteiger partial charge in [0, 0.05) is 5.69 Å². The third kappa shape index (κ3) is 2.25. The summed E-state index contributed by atoms with van der Waals surface area (Å²) in [4.78, 5) is 7.33. The topological polar surface area (TPSA) is 63.8 Å². The number of nitrogens with one attached hydrogen (secondary N) is 1. The second-order valence-corrected chi connectivity index (χ2v) is 3.42. The highest BCUT2D eigenvalue weighted by molar-refractivity contribution is 5.57. The molecule has 0 amide bonds. The minimum absolute atomic E-state index is 0.0385. The van der Waals surface area contributed by atoms with E-state index in [-0.39, 0.29) is 11.8 Å². The van der Waals surface area contributed by atoms with Crippen LogP contribution >= 0.6 is 0 Å². The van der Waals surface area contributed by atoms with Crippen molar-refractivity contribution in [2.75, 3.05) is 11.1 Å². The van der Waals surface area contributed by atoms with Gasteiger partial charge in [0.25, 0.3) is 0 Å². The first-order valence-electron chi connectivity index (χ1n) is 4.77. The summed E-state index contributed by atoms with van der Waals surface area (Å²) in [5.41, 5.74) is 7.22. The maximum absolute atomic E-state index is 13.3. The highest BCUT2D eigenvalue weighted by Crippen LogP contribution is 2.18. The zero-order valence-corrected chi connectivity index (χ0v) is 8.74. The van der Waals surface area contributed by atoms with E-state index < -0.39 is 5.82 Å². The number of hydrogen-bond donors (Lipinski definition) is 2. The molecule has 0 saturated heterocycles. The van der Waals surface area contributed by atoms with E-state index in [9.17, 15) is 4.39 Å². The number of anilines is 3. The molecule has 0 aliphatic carbocycles. The minimum Gasteiger partial charge on any atom is -0.368 e. The first-order chi connectivity index (χ1) is 7.65. The quantitative estimate of drug-likeness (QED) is 0.811. The van der Waals surface area contributed by atoms with Crippen LogP contribution in [0.4, 0.5) is 21.8 Å². The Hall–Kier alpha value is -2.17. The van der Waals surface area contributed by atoms with Crippen molar-refractivity contribution in [1.82, 2.24) is 9.97 Å². The van der Waals surface area contributed by atoms with E-state index in [2.05, 4.69) is 15.3 Å². The first kappa shape index (κ1) is 10.4. The van der Waals surface area contributed by atoms with Crippen molar-refractivity contribution in [1.29, 1.82) is 0 Å². The lowest BCUT2D eigenvalue weighted by molar-refractivity contribution is 0.620. The Morgan fingerprint density at radius 3 is 2.94 bits per heavy atom. The van der Waals surface area contributed by atoms with Crippen LogP contribution in [0.1, 0.15) is 5.56 Å². The number of aromatic nitrogens is 2. The summed E-state index contributed by atoms with van der Waals surface area (Å²) in [5.74, 6) is -0.412. The van der Waals surface area contributed by atoms with E-state index in [1.165, 1.54) is 0 Å². The van der Waals surface area contributed by atoms with Crippen LogP contribution in [0.3, 0.4) is 0 Å². The van der Waals surface area contributed by atoms with Crippen molar-refractivity contribution in [2.45, 2.75) is 6.92 Å². The SMILES string of the molecule is Cc1cccc(Nc2nc(N)ncc2F)c1. The fourth-order valence-electron chi connectivity index (χ4n) is 1.33. The summed E-state index contributed by atoms with van der Waals surface area (Å²) in [6.45, 7) is 1.95. The van der Waals surface area contributed by atoms with Crippen molar-refractivity contribution < 1.29 is 4.39 Å². The molecule has 4 nitrogen and oxygen atoms in total. The molecule has 0 unspecified atom stereocenters. The van der Waals surface area contributed by atoms with Gasteiger partial charge in [0.2, 0.25) is 5.95 Å². The standard InChI is InChI=1S/C11H11FN4/c1-7-3-2-4-8(5-7)15-10-9(12)6-14-11(13)16-10/h2-6H,1H3,(H3,13,14,15,16). The number of hydrogen-bond acceptors (Lipinski definition) is 4. The Labute approximate surface area is 92.3 Å². The van der Waals surface area contributed by atoms with Crippen LogP contribution in [-0.4, -0.2) is 9.97 Å². The van der Waals surface area contributed by atoms with Gasteiger partial charge < -0.3 is 11.1 Å². The lowest BCUT2D eigenvalue weighted by Crippen LogP contribution is -2.02. The second kappa shape index (κ2) is 4.14. The summed E-state index contributed by atoms with van der Waals surface area (Å²) in [7, 11) is 0. The molecule has 0 saturated carbocycles. The monoisotopic (exact) mass is 218 g/mol. The van der Waals surface area contributed by atoms with Crippen molar-refractivity contribution in [3.63, 3.8) is 0 Å². The van der Waals surface area contributed by atoms with Gasteiger partial charge in [-0.1, -0.05) is 12.1 Å². The number of halogens is 1. The first-order valence-corrected chi connectivity index (χ1v) is 4.77. The van der Waals surface area contributed by atoms with Crippen molar-refractivity contribution in [2.24, 2.45) is 0 Å². The van der Waals surface area contributed by atoms with Crippen LogP contribution in [0.15, 0.2) is 30.5 Å². The van der Waals surface area contributed by atoms with Crippen molar-refractivity contribution >= 4 is 17.5 Å². The maximum Gasteiger partial charge on any atom is 0.222 e. The Balaban J connectivity index is 2.30. The predicted molar refractivity (Wildman–Crippen MR) is 60.9 cm³/mol. The molecule has 16 heavy (non-hydrogen) atoms. The summed E-state index contributed by atoms with van der Waals surface area (Å²) in [5, 5.41) is 2.85. The molecule has 0 fully saturated rings. The molecule has 5 heteroatoms. The fraction of sp³-hybridized carbons (Fsp3) is 0.0909. The Morgan fingerprint density at radius 1 is 1.38 bits per heavy atom. The zero-order valence-electron chi connectivity index (χ0n) is 8.74. The molecule has 0 aliphatic heterocycles. The molecule has 0 spiro atoms. The van der Waals surface area contributed by atoms with Crippen LogP contribution in [0.5, 0.6) is 0 Å². The molecule has 2 rings (SSSR count). The molecule has 82 valence electrons. The van der Waals surface area contributed by atoms with Gasteiger partial charge >= 0.3 is 0 Å². The van der Waals surface area contributed by atoms with Crippen molar-refractivity contribution in [3.05, 3.63) is 41.8 Å². The van der Waals surface area contributed by atoms with E-state index in [1.807, 2.05) is 31.2 Å². The number of nitrogens with two attached hydrogens (primary N) is 1. The van der Waals surface area contributed by atoms with E-state index in [4.69, 9.17) is 5.73 Å². The van der Waals surface area contributed by atoms with Gasteiger partial charge in [-0.05, 0) is 24.6 Å². The second-order valence-electron chi connectivity index (χ2n) is 3.42. The van der Waals surface area contributed by atoms with Crippen LogP contribution in [-0.2, 0) is 0 Å². The lowest BCUT2D eigenvalue weighted by atomic mass is 10.2. The van der Waals surface area contributed by atoms with E-state index in [1.54, 1.807) is 0 Å². The number of nitrogen functional groups attached to an aromatic ring is 1. The Kier molecular flexibility index (Phi) is 2.68. The highest BCUT2D eigenvalue weighted by atomic mass is 19.1. The number of aryl methyl sites for hydroxylation is 1. The minimum atomic E-state index is -0.532. The van der Waals surface area contributed by atoms with Gasteiger partial charge in [-0.25, -0.2) is 9.37 Å². The molecule has 0 radical (unpaired) electrons. The van der Waals surface area contributed by atoms with Crippen LogP contribution in [0, 0.1) is 12.7 Å². The molecule has 0 bridgehead atoms. The van der Waals surface area contributed by atoms with Gasteiger partial charge in [0.1, 0.15) is 0 Å². The normalized spacial score (nSPS) is 10.1. The molecule has 2 aromatic rings. The molecule has 0 aliphatic rings. The van der Waals surface area contributed by atoms with Crippen LogP contribution in [0.25, 0.3) is 0 Å². The van der Waals surface area contributed by atoms with Crippen molar-refractivity contribution in [3.8, 4) is 0 Å². The zero-order chi connectivity index (χ0) is 11.5. The van der Waals surface area contributed by atoms with Crippen LogP contribution in [0.2, 0.25) is 0 Å². The predicted octanol–water partition coefficient (Wildman–Crippen LogP) is 2.25. The Morgan fingerprint density at radius 2 is 2.19 bits per heavy atom. The smallest absolute Gasteiger partial charge is 0.222 e. The molecule has 1 heterocycles. The molecular weight excluding hydrogens is 207 g/mol. The summed E-state index contributed by atoms with van der Waals surface area (Å²) < 4.78 is 13.3. The van der Waals surface area contributed by atoms with E-state index in [0.29, 0.717) is 0 Å². The molecule has 3 N–H and O–H groups in total. The number of benzene rings is 1. The third-order valence-corrected chi connectivity index (χ3v) is 2.04.